The molecule has 92 valence electrons. The summed E-state index contributed by atoms with van der Waals surface area (Å²) in [5, 5.41) is 0.599. The number of benzene rings is 2. The van der Waals surface area contributed by atoms with Crippen LogP contribution in [0, 0.1) is 0 Å². The molecule has 0 fully saturated rings. The third kappa shape index (κ3) is 3.09. The predicted octanol–water partition coefficient (Wildman–Crippen LogP) is 3.02. The van der Waals surface area contributed by atoms with E-state index < -0.39 is 5.97 Å². The van der Waals surface area contributed by atoms with Gasteiger partial charge in [-0.1, -0.05) is 23.7 Å². The van der Waals surface area contributed by atoms with E-state index in [0.29, 0.717) is 22.9 Å². The molecule has 2 N–H and O–H groups in total. The normalized spacial score (nSPS) is 10.1. The lowest BCUT2D eigenvalue weighted by molar-refractivity contribution is 0.0735. The number of nitrogens with two attached hydrogens (primary N) is 1. The number of hydrogen-bond donors (Lipinski definition) is 1. The zero-order valence-corrected chi connectivity index (χ0v) is 10.4. The Kier molecular flexibility index (Phi) is 3.97. The van der Waals surface area contributed by atoms with Gasteiger partial charge in [0.1, 0.15) is 5.75 Å². The van der Waals surface area contributed by atoms with Crippen molar-refractivity contribution in [2.45, 2.75) is 6.54 Å². The second-order valence-electron chi connectivity index (χ2n) is 3.74. The molecule has 0 atom stereocenters. The van der Waals surface area contributed by atoms with Crippen LogP contribution in [0.2, 0.25) is 5.02 Å². The maximum absolute atomic E-state index is 11.8. The second kappa shape index (κ2) is 5.67. The van der Waals surface area contributed by atoms with Crippen LogP contribution in [-0.4, -0.2) is 5.97 Å². The molecular weight excluding hydrogens is 250 g/mol. The highest BCUT2D eigenvalue weighted by Crippen LogP contribution is 2.17. The number of carbonyl (C=O) groups is 1. The molecule has 0 saturated carbocycles. The van der Waals surface area contributed by atoms with E-state index in [1.807, 2.05) is 0 Å². The quantitative estimate of drug-likeness (QED) is 0.683. The van der Waals surface area contributed by atoms with Gasteiger partial charge in [0, 0.05) is 11.6 Å². The Balaban J connectivity index is 2.09. The average Bonchev–Trinajstić information content (AvgIpc) is 2.41. The van der Waals surface area contributed by atoms with Crippen molar-refractivity contribution < 1.29 is 9.53 Å². The first kappa shape index (κ1) is 12.6. The Morgan fingerprint density at radius 3 is 2.22 bits per heavy atom. The molecule has 0 bridgehead atoms. The number of rotatable bonds is 3. The van der Waals surface area contributed by atoms with Crippen molar-refractivity contribution in [2.75, 3.05) is 0 Å². The zero-order chi connectivity index (χ0) is 13.0. The van der Waals surface area contributed by atoms with E-state index in [1.165, 1.54) is 0 Å². The van der Waals surface area contributed by atoms with Crippen LogP contribution in [0.3, 0.4) is 0 Å². The Labute approximate surface area is 110 Å². The monoisotopic (exact) mass is 261 g/mol. The van der Waals surface area contributed by atoms with Gasteiger partial charge >= 0.3 is 5.97 Å². The molecule has 0 radical (unpaired) electrons. The summed E-state index contributed by atoms with van der Waals surface area (Å²) in [7, 11) is 0. The first-order valence-electron chi connectivity index (χ1n) is 5.46. The van der Waals surface area contributed by atoms with Gasteiger partial charge in [0.15, 0.2) is 0 Å². The molecule has 0 aliphatic heterocycles. The van der Waals surface area contributed by atoms with Gasteiger partial charge < -0.3 is 10.5 Å². The molecule has 0 aliphatic rings. The van der Waals surface area contributed by atoms with Crippen LogP contribution in [0.4, 0.5) is 0 Å². The molecule has 2 rings (SSSR count). The number of esters is 1. The fourth-order valence-electron chi connectivity index (χ4n) is 1.45. The van der Waals surface area contributed by atoms with Gasteiger partial charge in [-0.2, -0.15) is 0 Å². The van der Waals surface area contributed by atoms with Gasteiger partial charge in [-0.25, -0.2) is 4.79 Å². The van der Waals surface area contributed by atoms with Crippen LogP contribution in [-0.2, 0) is 6.54 Å². The van der Waals surface area contributed by atoms with Gasteiger partial charge in [0.2, 0.25) is 0 Å². The minimum absolute atomic E-state index is 0.402. The van der Waals surface area contributed by atoms with Crippen LogP contribution in [0.15, 0.2) is 48.5 Å². The van der Waals surface area contributed by atoms with Crippen LogP contribution < -0.4 is 10.5 Å². The van der Waals surface area contributed by atoms with E-state index in [4.69, 9.17) is 22.1 Å². The summed E-state index contributed by atoms with van der Waals surface area (Å²) in [5.74, 6) is 0.0631. The topological polar surface area (TPSA) is 52.3 Å². The van der Waals surface area contributed by atoms with E-state index >= 15 is 0 Å². The van der Waals surface area contributed by atoms with Crippen molar-refractivity contribution in [3.63, 3.8) is 0 Å². The van der Waals surface area contributed by atoms with Crippen molar-refractivity contribution in [1.82, 2.24) is 0 Å². The predicted molar refractivity (Wildman–Crippen MR) is 70.7 cm³/mol. The average molecular weight is 262 g/mol. The first-order chi connectivity index (χ1) is 8.69. The largest absolute Gasteiger partial charge is 0.423 e. The van der Waals surface area contributed by atoms with E-state index in [0.717, 1.165) is 5.56 Å². The van der Waals surface area contributed by atoms with Crippen molar-refractivity contribution in [3.8, 4) is 5.75 Å². The molecular formula is C14H12ClNO2. The summed E-state index contributed by atoms with van der Waals surface area (Å²) in [6.07, 6.45) is 0. The van der Waals surface area contributed by atoms with Crippen molar-refractivity contribution >= 4 is 17.6 Å². The summed E-state index contributed by atoms with van der Waals surface area (Å²) in [6.45, 7) is 0.451. The Bertz CT molecular complexity index is 535. The molecule has 0 amide bonds. The summed E-state index contributed by atoms with van der Waals surface area (Å²) >= 11 is 5.75. The Hall–Kier alpha value is -1.84. The lowest BCUT2D eigenvalue weighted by Gasteiger charge is -2.05. The fourth-order valence-corrected chi connectivity index (χ4v) is 1.57. The van der Waals surface area contributed by atoms with E-state index in [-0.39, 0.29) is 0 Å². The Morgan fingerprint density at radius 1 is 1.06 bits per heavy atom. The lowest BCUT2D eigenvalue weighted by Crippen LogP contribution is -2.08. The maximum Gasteiger partial charge on any atom is 0.343 e. The number of ether oxygens (including phenoxy) is 1. The zero-order valence-electron chi connectivity index (χ0n) is 9.60. The van der Waals surface area contributed by atoms with E-state index in [2.05, 4.69) is 0 Å². The van der Waals surface area contributed by atoms with Crippen LogP contribution in [0.1, 0.15) is 15.9 Å². The first-order valence-corrected chi connectivity index (χ1v) is 5.83. The molecule has 2 aromatic rings. The lowest BCUT2D eigenvalue weighted by atomic mass is 10.1. The van der Waals surface area contributed by atoms with Gasteiger partial charge in [0.25, 0.3) is 0 Å². The molecule has 3 nitrogen and oxygen atoms in total. The number of hydrogen-bond acceptors (Lipinski definition) is 3. The summed E-state index contributed by atoms with van der Waals surface area (Å²) in [6, 6.07) is 13.6. The molecule has 0 unspecified atom stereocenters. The minimum Gasteiger partial charge on any atom is -0.423 e. The smallest absolute Gasteiger partial charge is 0.343 e. The molecule has 2 aromatic carbocycles. The van der Waals surface area contributed by atoms with Crippen LogP contribution in [0.5, 0.6) is 5.75 Å². The van der Waals surface area contributed by atoms with Crippen molar-refractivity contribution in [2.24, 2.45) is 5.73 Å². The fraction of sp³-hybridized carbons (Fsp3) is 0.0714. The summed E-state index contributed by atoms with van der Waals surface area (Å²) < 4.78 is 5.20. The molecule has 18 heavy (non-hydrogen) atoms. The van der Waals surface area contributed by atoms with Crippen molar-refractivity contribution in [3.05, 3.63) is 64.7 Å². The molecule has 0 saturated heterocycles. The van der Waals surface area contributed by atoms with Crippen LogP contribution in [0.25, 0.3) is 0 Å². The highest BCUT2D eigenvalue weighted by molar-refractivity contribution is 6.30. The minimum atomic E-state index is -0.402. The van der Waals surface area contributed by atoms with Gasteiger partial charge in [-0.3, -0.25) is 0 Å². The molecule has 4 heteroatoms. The van der Waals surface area contributed by atoms with E-state index in [9.17, 15) is 4.79 Å². The number of carbonyl (C=O) groups excluding carboxylic acids is 1. The van der Waals surface area contributed by atoms with Crippen molar-refractivity contribution in [1.29, 1.82) is 0 Å². The highest BCUT2D eigenvalue weighted by Gasteiger charge is 2.08. The van der Waals surface area contributed by atoms with Gasteiger partial charge in [-0.05, 0) is 42.0 Å². The summed E-state index contributed by atoms with van der Waals surface area (Å²) in [4.78, 5) is 11.8. The van der Waals surface area contributed by atoms with Crippen LogP contribution >= 0.6 is 11.6 Å². The summed E-state index contributed by atoms with van der Waals surface area (Å²) in [5.41, 5.74) is 6.94. The molecule has 0 spiro atoms. The third-order valence-electron chi connectivity index (χ3n) is 2.45. The maximum atomic E-state index is 11.8. The Morgan fingerprint density at radius 2 is 1.67 bits per heavy atom. The highest BCUT2D eigenvalue weighted by atomic mass is 35.5. The standard InChI is InChI=1S/C14H12ClNO2/c15-12-5-7-13(8-6-12)18-14(17)11-3-1-10(9-16)2-4-11/h1-8H,9,16H2. The van der Waals surface area contributed by atoms with Gasteiger partial charge in [0.05, 0.1) is 5.56 Å². The molecule has 0 heterocycles. The third-order valence-corrected chi connectivity index (χ3v) is 2.70. The second-order valence-corrected chi connectivity index (χ2v) is 4.18. The SMILES string of the molecule is NCc1ccc(C(=O)Oc2ccc(Cl)cc2)cc1. The molecule has 0 aliphatic carbocycles. The van der Waals surface area contributed by atoms with E-state index in [1.54, 1.807) is 48.5 Å². The van der Waals surface area contributed by atoms with Gasteiger partial charge in [-0.15, -0.1) is 0 Å². The molecule has 0 aromatic heterocycles. The number of halogens is 1.